The number of hydrogen-bond acceptors (Lipinski definition) is 5. The quantitative estimate of drug-likeness (QED) is 0.576. The van der Waals surface area contributed by atoms with Gasteiger partial charge in [-0.15, -0.1) is 0 Å². The van der Waals surface area contributed by atoms with Crippen molar-refractivity contribution >= 4 is 0 Å². The van der Waals surface area contributed by atoms with E-state index in [0.29, 0.717) is 13.1 Å². The van der Waals surface area contributed by atoms with Crippen molar-refractivity contribution in [2.75, 3.05) is 6.54 Å². The third-order valence-corrected chi connectivity index (χ3v) is 2.65. The standard InChI is InChI=1S/C11H14N4O/c12-5-9-7-14-15-11(9)13-6-8-3-1-2-4-10(8)16/h1-4,9,11,13-16H,6-7H2. The molecule has 16 heavy (non-hydrogen) atoms. The molecule has 1 fully saturated rings. The van der Waals surface area contributed by atoms with E-state index in [9.17, 15) is 5.11 Å². The van der Waals surface area contributed by atoms with Crippen molar-refractivity contribution in [2.24, 2.45) is 5.92 Å². The number of nitrogens with zero attached hydrogens (tertiary/aromatic N) is 1. The van der Waals surface area contributed by atoms with Gasteiger partial charge in [-0.1, -0.05) is 18.2 Å². The van der Waals surface area contributed by atoms with E-state index in [1.165, 1.54) is 0 Å². The zero-order chi connectivity index (χ0) is 11.4. The zero-order valence-electron chi connectivity index (χ0n) is 8.77. The summed E-state index contributed by atoms with van der Waals surface area (Å²) < 4.78 is 0. The lowest BCUT2D eigenvalue weighted by molar-refractivity contribution is 0.411. The van der Waals surface area contributed by atoms with E-state index in [-0.39, 0.29) is 17.8 Å². The van der Waals surface area contributed by atoms with Gasteiger partial charge in [0.2, 0.25) is 0 Å². The minimum Gasteiger partial charge on any atom is -0.508 e. The molecule has 0 saturated carbocycles. The number of phenolic OH excluding ortho intramolecular Hbond substituents is 1. The van der Waals surface area contributed by atoms with Crippen LogP contribution in [0.5, 0.6) is 5.75 Å². The number of phenols is 1. The summed E-state index contributed by atoms with van der Waals surface area (Å²) in [5.41, 5.74) is 6.74. The Balaban J connectivity index is 1.93. The van der Waals surface area contributed by atoms with Crippen LogP contribution in [0, 0.1) is 17.2 Å². The second-order valence-electron chi connectivity index (χ2n) is 3.75. The highest BCUT2D eigenvalue weighted by Gasteiger charge is 2.25. The Morgan fingerprint density at radius 1 is 1.50 bits per heavy atom. The molecule has 1 aromatic carbocycles. The summed E-state index contributed by atoms with van der Waals surface area (Å²) in [6, 6.07) is 9.38. The number of aromatic hydroxyl groups is 1. The van der Waals surface area contributed by atoms with Crippen LogP contribution in [0.1, 0.15) is 5.56 Å². The Kier molecular flexibility index (Phi) is 3.37. The van der Waals surface area contributed by atoms with E-state index in [2.05, 4.69) is 22.2 Å². The smallest absolute Gasteiger partial charge is 0.120 e. The third kappa shape index (κ3) is 2.31. The molecule has 1 aromatic rings. The Morgan fingerprint density at radius 3 is 3.06 bits per heavy atom. The van der Waals surface area contributed by atoms with Gasteiger partial charge in [0.05, 0.1) is 18.2 Å². The van der Waals surface area contributed by atoms with Crippen molar-refractivity contribution in [2.45, 2.75) is 12.7 Å². The minimum absolute atomic E-state index is 0.0791. The zero-order valence-corrected chi connectivity index (χ0v) is 8.77. The van der Waals surface area contributed by atoms with Gasteiger partial charge in [-0.05, 0) is 6.07 Å². The molecule has 0 aliphatic carbocycles. The summed E-state index contributed by atoms with van der Waals surface area (Å²) in [6.07, 6.45) is -0.0791. The maximum Gasteiger partial charge on any atom is 0.120 e. The van der Waals surface area contributed by atoms with E-state index in [0.717, 1.165) is 5.56 Å². The minimum atomic E-state index is -0.0918. The number of nitriles is 1. The van der Waals surface area contributed by atoms with Crippen LogP contribution in [0.3, 0.4) is 0 Å². The van der Waals surface area contributed by atoms with E-state index >= 15 is 0 Å². The molecule has 1 heterocycles. The number of benzene rings is 1. The predicted octanol–water partition coefficient (Wildman–Crippen LogP) is 0.0555. The van der Waals surface area contributed by atoms with E-state index < -0.39 is 0 Å². The fourth-order valence-corrected chi connectivity index (χ4v) is 1.69. The summed E-state index contributed by atoms with van der Waals surface area (Å²) in [4.78, 5) is 0. The monoisotopic (exact) mass is 218 g/mol. The van der Waals surface area contributed by atoms with E-state index in [1.54, 1.807) is 12.1 Å². The van der Waals surface area contributed by atoms with E-state index in [1.807, 2.05) is 12.1 Å². The first-order valence-corrected chi connectivity index (χ1v) is 5.19. The second kappa shape index (κ2) is 4.94. The summed E-state index contributed by atoms with van der Waals surface area (Å²) in [6.45, 7) is 1.17. The third-order valence-electron chi connectivity index (χ3n) is 2.65. The van der Waals surface area contributed by atoms with Gasteiger partial charge in [-0.25, -0.2) is 5.43 Å². The van der Waals surface area contributed by atoms with Crippen molar-refractivity contribution in [3.05, 3.63) is 29.8 Å². The topological polar surface area (TPSA) is 80.1 Å². The number of nitrogens with one attached hydrogen (secondary N) is 3. The molecule has 4 N–H and O–H groups in total. The van der Waals surface area contributed by atoms with Gasteiger partial charge in [-0.2, -0.15) is 5.26 Å². The predicted molar refractivity (Wildman–Crippen MR) is 59.0 cm³/mol. The number of rotatable bonds is 3. The summed E-state index contributed by atoms with van der Waals surface area (Å²) in [5.74, 6) is 0.181. The molecule has 0 bridgehead atoms. The molecule has 0 spiro atoms. The van der Waals surface area contributed by atoms with Crippen LogP contribution in [0.15, 0.2) is 24.3 Å². The van der Waals surface area contributed by atoms with Crippen LogP contribution in [-0.2, 0) is 6.54 Å². The van der Waals surface area contributed by atoms with E-state index in [4.69, 9.17) is 5.26 Å². The summed E-state index contributed by atoms with van der Waals surface area (Å²) >= 11 is 0. The Morgan fingerprint density at radius 2 is 2.31 bits per heavy atom. The molecule has 1 aliphatic rings. The molecule has 0 radical (unpaired) electrons. The van der Waals surface area contributed by atoms with Gasteiger partial charge >= 0.3 is 0 Å². The van der Waals surface area contributed by atoms with Crippen LogP contribution >= 0.6 is 0 Å². The SMILES string of the molecule is N#CC1CNNC1NCc1ccccc1O. The molecule has 84 valence electrons. The van der Waals surface area contributed by atoms with Crippen molar-refractivity contribution in [1.82, 2.24) is 16.2 Å². The molecular weight excluding hydrogens is 204 g/mol. The molecule has 2 atom stereocenters. The lowest BCUT2D eigenvalue weighted by Crippen LogP contribution is -2.43. The molecule has 1 aliphatic heterocycles. The van der Waals surface area contributed by atoms with Crippen molar-refractivity contribution in [3.63, 3.8) is 0 Å². The van der Waals surface area contributed by atoms with Crippen molar-refractivity contribution in [3.8, 4) is 11.8 Å². The number of para-hydroxylation sites is 1. The molecule has 5 heteroatoms. The molecular formula is C11H14N4O. The van der Waals surface area contributed by atoms with Crippen molar-refractivity contribution in [1.29, 1.82) is 5.26 Å². The first-order valence-electron chi connectivity index (χ1n) is 5.19. The number of hydrazine groups is 1. The first kappa shape index (κ1) is 10.9. The highest BCUT2D eigenvalue weighted by molar-refractivity contribution is 5.31. The fraction of sp³-hybridized carbons (Fsp3) is 0.364. The average molecular weight is 218 g/mol. The van der Waals surface area contributed by atoms with Gasteiger partial charge < -0.3 is 5.11 Å². The lowest BCUT2D eigenvalue weighted by Gasteiger charge is -2.15. The highest BCUT2D eigenvalue weighted by atomic mass is 16.3. The lowest BCUT2D eigenvalue weighted by atomic mass is 10.1. The second-order valence-corrected chi connectivity index (χ2v) is 3.75. The normalized spacial score (nSPS) is 24.2. The molecule has 2 unspecified atom stereocenters. The molecule has 1 saturated heterocycles. The summed E-state index contributed by atoms with van der Waals surface area (Å²) in [5, 5.41) is 21.6. The van der Waals surface area contributed by atoms with Crippen LogP contribution in [0.4, 0.5) is 0 Å². The number of hydrogen-bond donors (Lipinski definition) is 4. The fourth-order valence-electron chi connectivity index (χ4n) is 1.69. The molecule has 0 aromatic heterocycles. The Bertz CT molecular complexity index is 401. The van der Waals surface area contributed by atoms with Gasteiger partial charge in [0.15, 0.2) is 0 Å². The summed E-state index contributed by atoms with van der Waals surface area (Å²) in [7, 11) is 0. The maximum absolute atomic E-state index is 9.57. The van der Waals surface area contributed by atoms with Gasteiger partial charge in [0.1, 0.15) is 5.75 Å². The molecule has 0 amide bonds. The van der Waals surface area contributed by atoms with Gasteiger partial charge in [-0.3, -0.25) is 10.7 Å². The Hall–Kier alpha value is -1.61. The van der Waals surface area contributed by atoms with Gasteiger partial charge in [0.25, 0.3) is 0 Å². The molecule has 2 rings (SSSR count). The first-order chi connectivity index (χ1) is 7.81. The molecule has 5 nitrogen and oxygen atoms in total. The van der Waals surface area contributed by atoms with Crippen LogP contribution < -0.4 is 16.2 Å². The Labute approximate surface area is 94.1 Å². The maximum atomic E-state index is 9.57. The van der Waals surface area contributed by atoms with Gasteiger partial charge in [0, 0.05) is 18.7 Å². The van der Waals surface area contributed by atoms with Crippen molar-refractivity contribution < 1.29 is 5.11 Å². The largest absolute Gasteiger partial charge is 0.508 e. The van der Waals surface area contributed by atoms with Crippen LogP contribution in [0.25, 0.3) is 0 Å². The highest BCUT2D eigenvalue weighted by Crippen LogP contribution is 2.15. The van der Waals surface area contributed by atoms with Crippen LogP contribution in [0.2, 0.25) is 0 Å². The average Bonchev–Trinajstić information content (AvgIpc) is 2.75. The van der Waals surface area contributed by atoms with Crippen LogP contribution in [-0.4, -0.2) is 17.8 Å².